The van der Waals surface area contributed by atoms with Crippen LogP contribution >= 0.6 is 0 Å². The van der Waals surface area contributed by atoms with Crippen LogP contribution < -0.4 is 0 Å². The first-order valence-electron chi connectivity index (χ1n) is 5.08. The van der Waals surface area contributed by atoms with Gasteiger partial charge in [0.2, 0.25) is 0 Å². The zero-order chi connectivity index (χ0) is 12.5. The van der Waals surface area contributed by atoms with E-state index in [1.54, 1.807) is 31.2 Å². The number of aromatic nitrogens is 1. The predicted octanol–water partition coefficient (Wildman–Crippen LogP) is 4.08. The number of alkyl halides is 3. The first kappa shape index (κ1) is 11.6. The van der Waals surface area contributed by atoms with Crippen LogP contribution in [0.4, 0.5) is 13.2 Å². The molecule has 0 aliphatic carbocycles. The molecule has 88 valence electrons. The van der Waals surface area contributed by atoms with Crippen LogP contribution in [-0.4, -0.2) is 4.98 Å². The van der Waals surface area contributed by atoms with Crippen molar-refractivity contribution >= 4 is 0 Å². The Morgan fingerprint density at radius 3 is 2.35 bits per heavy atom. The third-order valence-electron chi connectivity index (χ3n) is 2.50. The van der Waals surface area contributed by atoms with E-state index >= 15 is 0 Å². The van der Waals surface area contributed by atoms with Crippen LogP contribution in [0.3, 0.4) is 0 Å². The van der Waals surface area contributed by atoms with Crippen molar-refractivity contribution in [2.45, 2.75) is 13.1 Å². The van der Waals surface area contributed by atoms with E-state index in [2.05, 4.69) is 4.98 Å². The number of rotatable bonds is 1. The number of benzene rings is 1. The molecule has 0 spiro atoms. The molecule has 0 N–H and O–H groups in total. The molecule has 4 heteroatoms. The second kappa shape index (κ2) is 4.20. The van der Waals surface area contributed by atoms with Crippen LogP contribution in [0.2, 0.25) is 0 Å². The van der Waals surface area contributed by atoms with E-state index in [9.17, 15) is 13.2 Å². The first-order chi connectivity index (χ1) is 8.00. The Morgan fingerprint density at radius 1 is 1.00 bits per heavy atom. The summed E-state index contributed by atoms with van der Waals surface area (Å²) in [6, 6.07) is 9.07. The number of hydrogen-bond donors (Lipinski definition) is 0. The smallest absolute Gasteiger partial charge is 0.256 e. The molecule has 0 saturated carbocycles. The average molecular weight is 237 g/mol. The normalized spacial score (nSPS) is 11.5. The van der Waals surface area contributed by atoms with E-state index < -0.39 is 11.7 Å². The molecule has 0 atom stereocenters. The number of nitrogens with zero attached hydrogens (tertiary/aromatic N) is 1. The molecule has 1 heterocycles. The third-order valence-corrected chi connectivity index (χ3v) is 2.50. The minimum atomic E-state index is -4.36. The maximum Gasteiger partial charge on any atom is 0.417 e. The summed E-state index contributed by atoms with van der Waals surface area (Å²) in [6.45, 7) is 1.65. The second-order valence-corrected chi connectivity index (χ2v) is 3.71. The van der Waals surface area contributed by atoms with Crippen molar-refractivity contribution in [1.29, 1.82) is 0 Å². The molecule has 1 aromatic carbocycles. The van der Waals surface area contributed by atoms with Gasteiger partial charge in [-0.2, -0.15) is 13.2 Å². The molecule has 0 radical (unpaired) electrons. The monoisotopic (exact) mass is 237 g/mol. The van der Waals surface area contributed by atoms with Crippen LogP contribution in [0.5, 0.6) is 0 Å². The Bertz CT molecular complexity index is 518. The van der Waals surface area contributed by atoms with Gasteiger partial charge in [-0.1, -0.05) is 18.2 Å². The van der Waals surface area contributed by atoms with Gasteiger partial charge in [-0.25, -0.2) is 0 Å². The number of pyridine rings is 1. The fourth-order valence-corrected chi connectivity index (χ4v) is 1.75. The van der Waals surface area contributed by atoms with Gasteiger partial charge in [-0.05, 0) is 30.7 Å². The first-order valence-corrected chi connectivity index (χ1v) is 5.08. The summed E-state index contributed by atoms with van der Waals surface area (Å²) < 4.78 is 38.7. The van der Waals surface area contributed by atoms with Gasteiger partial charge in [0.1, 0.15) is 0 Å². The van der Waals surface area contributed by atoms with E-state index in [0.717, 1.165) is 6.07 Å². The summed E-state index contributed by atoms with van der Waals surface area (Å²) >= 11 is 0. The maximum absolute atomic E-state index is 12.9. The molecule has 0 bridgehead atoms. The molecule has 0 unspecified atom stereocenters. The van der Waals surface area contributed by atoms with Crippen LogP contribution in [0.15, 0.2) is 42.6 Å². The summed E-state index contributed by atoms with van der Waals surface area (Å²) in [5, 5.41) is 0. The van der Waals surface area contributed by atoms with Crippen molar-refractivity contribution in [3.8, 4) is 11.3 Å². The van der Waals surface area contributed by atoms with Crippen LogP contribution in [0.25, 0.3) is 11.3 Å². The zero-order valence-corrected chi connectivity index (χ0v) is 9.12. The lowest BCUT2D eigenvalue weighted by Gasteiger charge is -2.14. The van der Waals surface area contributed by atoms with Crippen molar-refractivity contribution in [1.82, 2.24) is 4.98 Å². The molecule has 17 heavy (non-hydrogen) atoms. The largest absolute Gasteiger partial charge is 0.417 e. The van der Waals surface area contributed by atoms with Gasteiger partial charge >= 0.3 is 6.18 Å². The maximum atomic E-state index is 12.9. The van der Waals surface area contributed by atoms with Crippen molar-refractivity contribution < 1.29 is 13.2 Å². The molecule has 2 rings (SSSR count). The Kier molecular flexibility index (Phi) is 2.88. The van der Waals surface area contributed by atoms with E-state index in [-0.39, 0.29) is 5.56 Å². The van der Waals surface area contributed by atoms with Gasteiger partial charge < -0.3 is 0 Å². The zero-order valence-electron chi connectivity index (χ0n) is 9.12. The van der Waals surface area contributed by atoms with Gasteiger partial charge in [0.05, 0.1) is 11.3 Å². The van der Waals surface area contributed by atoms with Crippen LogP contribution in [0, 0.1) is 6.92 Å². The van der Waals surface area contributed by atoms with Crippen molar-refractivity contribution in [2.24, 2.45) is 0 Å². The number of aryl methyl sites for hydroxylation is 1. The van der Waals surface area contributed by atoms with Crippen LogP contribution in [-0.2, 0) is 6.18 Å². The van der Waals surface area contributed by atoms with Gasteiger partial charge in [0, 0.05) is 11.8 Å². The molecule has 0 aliphatic heterocycles. The lowest BCUT2D eigenvalue weighted by molar-refractivity contribution is -0.137. The fraction of sp³-hybridized carbons (Fsp3) is 0.154. The quantitative estimate of drug-likeness (QED) is 0.728. The molecular weight excluding hydrogens is 227 g/mol. The number of hydrogen-bond acceptors (Lipinski definition) is 1. The van der Waals surface area contributed by atoms with E-state index in [0.29, 0.717) is 11.3 Å². The molecule has 0 amide bonds. The molecule has 0 saturated heterocycles. The SMILES string of the molecule is Cc1cccc(C(F)(F)F)c1-c1ccccn1. The number of halogens is 3. The Morgan fingerprint density at radius 2 is 1.76 bits per heavy atom. The summed E-state index contributed by atoms with van der Waals surface area (Å²) in [6.07, 6.45) is -2.87. The summed E-state index contributed by atoms with van der Waals surface area (Å²) in [7, 11) is 0. The fourth-order valence-electron chi connectivity index (χ4n) is 1.75. The average Bonchev–Trinajstić information content (AvgIpc) is 2.28. The summed E-state index contributed by atoms with van der Waals surface area (Å²) in [5.41, 5.74) is 0.424. The lowest BCUT2D eigenvalue weighted by atomic mass is 9.98. The Hall–Kier alpha value is -1.84. The highest BCUT2D eigenvalue weighted by molar-refractivity contribution is 5.68. The van der Waals surface area contributed by atoms with E-state index in [1.165, 1.54) is 12.3 Å². The lowest BCUT2D eigenvalue weighted by Crippen LogP contribution is -2.08. The van der Waals surface area contributed by atoms with Gasteiger partial charge in [-0.3, -0.25) is 4.98 Å². The highest BCUT2D eigenvalue weighted by Gasteiger charge is 2.34. The molecular formula is C13H10F3N. The minimum Gasteiger partial charge on any atom is -0.256 e. The van der Waals surface area contributed by atoms with Gasteiger partial charge in [0.25, 0.3) is 0 Å². The van der Waals surface area contributed by atoms with Crippen molar-refractivity contribution in [2.75, 3.05) is 0 Å². The van der Waals surface area contributed by atoms with Gasteiger partial charge in [0.15, 0.2) is 0 Å². The van der Waals surface area contributed by atoms with Crippen LogP contribution in [0.1, 0.15) is 11.1 Å². The molecule has 1 aromatic heterocycles. The van der Waals surface area contributed by atoms with Gasteiger partial charge in [-0.15, -0.1) is 0 Å². The minimum absolute atomic E-state index is 0.153. The molecule has 0 aliphatic rings. The predicted molar refractivity (Wildman–Crippen MR) is 59.4 cm³/mol. The summed E-state index contributed by atoms with van der Waals surface area (Å²) in [4.78, 5) is 3.98. The Balaban J connectivity index is 2.69. The van der Waals surface area contributed by atoms with Crippen molar-refractivity contribution in [3.63, 3.8) is 0 Å². The summed E-state index contributed by atoms with van der Waals surface area (Å²) in [5.74, 6) is 0. The molecule has 2 aromatic rings. The standard InChI is InChI=1S/C13H10F3N/c1-9-5-4-6-10(13(14,15)16)12(9)11-7-2-3-8-17-11/h2-8H,1H3. The van der Waals surface area contributed by atoms with E-state index in [4.69, 9.17) is 0 Å². The third kappa shape index (κ3) is 2.30. The Labute approximate surface area is 96.9 Å². The topological polar surface area (TPSA) is 12.9 Å². The highest BCUT2D eigenvalue weighted by Crippen LogP contribution is 2.37. The van der Waals surface area contributed by atoms with Crippen molar-refractivity contribution in [3.05, 3.63) is 53.7 Å². The second-order valence-electron chi connectivity index (χ2n) is 3.71. The molecule has 1 nitrogen and oxygen atoms in total. The highest BCUT2D eigenvalue weighted by atomic mass is 19.4. The van der Waals surface area contributed by atoms with E-state index in [1.807, 2.05) is 0 Å². The molecule has 0 fully saturated rings.